The van der Waals surface area contributed by atoms with Crippen LogP contribution >= 0.6 is 0 Å². The van der Waals surface area contributed by atoms with Crippen LogP contribution in [0.25, 0.3) is 0 Å². The fourth-order valence-electron chi connectivity index (χ4n) is 2.96. The average molecular weight is 353 g/mol. The zero-order valence-corrected chi connectivity index (χ0v) is 15.5. The SMILES string of the molecule is C=CCOC(=O)C1=C(C)Nc2nnnn2C1c1ccc(C(C)(C)C)cc1. The maximum absolute atomic E-state index is 12.7. The van der Waals surface area contributed by atoms with Gasteiger partial charge in [0.25, 0.3) is 0 Å². The van der Waals surface area contributed by atoms with Gasteiger partial charge in [0, 0.05) is 5.70 Å². The zero-order valence-electron chi connectivity index (χ0n) is 15.5. The average Bonchev–Trinajstić information content (AvgIpc) is 3.05. The van der Waals surface area contributed by atoms with Crippen molar-refractivity contribution in [3.05, 3.63) is 59.3 Å². The number of nitrogens with zero attached hydrogens (tertiary/aromatic N) is 4. The minimum Gasteiger partial charge on any atom is -0.458 e. The molecule has 0 spiro atoms. The molecule has 0 saturated heterocycles. The number of carbonyl (C=O) groups is 1. The lowest BCUT2D eigenvalue weighted by atomic mass is 9.85. The molecule has 7 heteroatoms. The first-order valence-corrected chi connectivity index (χ1v) is 8.47. The third-order valence-electron chi connectivity index (χ3n) is 4.36. The van der Waals surface area contributed by atoms with Gasteiger partial charge < -0.3 is 10.1 Å². The monoisotopic (exact) mass is 353 g/mol. The Morgan fingerprint density at radius 3 is 2.65 bits per heavy atom. The Bertz CT molecular complexity index is 859. The summed E-state index contributed by atoms with van der Waals surface area (Å²) in [7, 11) is 0. The molecule has 1 aliphatic rings. The van der Waals surface area contributed by atoms with Crippen molar-refractivity contribution in [2.75, 3.05) is 11.9 Å². The Hall–Kier alpha value is -2.96. The van der Waals surface area contributed by atoms with Gasteiger partial charge in [-0.3, -0.25) is 0 Å². The van der Waals surface area contributed by atoms with Crippen molar-refractivity contribution in [2.24, 2.45) is 0 Å². The van der Waals surface area contributed by atoms with E-state index in [2.05, 4.69) is 60.3 Å². The molecule has 0 aliphatic carbocycles. The molecule has 26 heavy (non-hydrogen) atoms. The van der Waals surface area contributed by atoms with Crippen LogP contribution in [0.1, 0.15) is 44.9 Å². The molecule has 1 aliphatic heterocycles. The minimum absolute atomic E-state index is 0.0457. The minimum atomic E-state index is -0.451. The van der Waals surface area contributed by atoms with Crippen LogP contribution in [0.5, 0.6) is 0 Å². The van der Waals surface area contributed by atoms with Gasteiger partial charge in [0.15, 0.2) is 0 Å². The second-order valence-electron chi connectivity index (χ2n) is 7.27. The van der Waals surface area contributed by atoms with Crippen LogP contribution in [0.3, 0.4) is 0 Å². The number of fused-ring (bicyclic) bond motifs is 1. The molecule has 1 atom stereocenters. The van der Waals surface area contributed by atoms with E-state index in [9.17, 15) is 4.79 Å². The van der Waals surface area contributed by atoms with Crippen molar-refractivity contribution in [3.8, 4) is 0 Å². The highest BCUT2D eigenvalue weighted by atomic mass is 16.5. The molecule has 2 aromatic rings. The van der Waals surface area contributed by atoms with Crippen molar-refractivity contribution in [2.45, 2.75) is 39.2 Å². The molecular weight excluding hydrogens is 330 g/mol. The van der Waals surface area contributed by atoms with Gasteiger partial charge in [0.1, 0.15) is 12.6 Å². The number of nitrogens with one attached hydrogen (secondary N) is 1. The number of allylic oxidation sites excluding steroid dienone is 1. The van der Waals surface area contributed by atoms with Gasteiger partial charge in [-0.15, -0.1) is 0 Å². The van der Waals surface area contributed by atoms with Crippen LogP contribution in [0.2, 0.25) is 0 Å². The number of anilines is 1. The van der Waals surface area contributed by atoms with Crippen LogP contribution in [0, 0.1) is 0 Å². The molecule has 2 heterocycles. The van der Waals surface area contributed by atoms with E-state index in [1.165, 1.54) is 5.56 Å². The Kier molecular flexibility index (Phi) is 4.63. The van der Waals surface area contributed by atoms with Crippen molar-refractivity contribution < 1.29 is 9.53 Å². The third kappa shape index (κ3) is 3.24. The van der Waals surface area contributed by atoms with Gasteiger partial charge in [0.05, 0.1) is 5.57 Å². The lowest BCUT2D eigenvalue weighted by Crippen LogP contribution is -2.29. The van der Waals surface area contributed by atoms with Crippen molar-refractivity contribution in [1.82, 2.24) is 20.2 Å². The maximum atomic E-state index is 12.7. The maximum Gasteiger partial charge on any atom is 0.338 e. The van der Waals surface area contributed by atoms with Crippen LogP contribution in [0.4, 0.5) is 5.95 Å². The standard InChI is InChI=1S/C19H23N5O2/c1-6-11-26-17(25)15-12(2)20-18-21-22-23-24(18)16(15)13-7-9-14(10-8-13)19(3,4)5/h6-10,16H,1,11H2,2-5H3,(H,20,21,23). The summed E-state index contributed by atoms with van der Waals surface area (Å²) in [5.74, 6) is 0.0774. The second kappa shape index (κ2) is 6.74. The summed E-state index contributed by atoms with van der Waals surface area (Å²) in [6.45, 7) is 12.0. The predicted octanol–water partition coefficient (Wildman–Crippen LogP) is 2.99. The molecule has 0 amide bonds. The highest BCUT2D eigenvalue weighted by molar-refractivity contribution is 5.92. The fourth-order valence-corrected chi connectivity index (χ4v) is 2.96. The summed E-state index contributed by atoms with van der Waals surface area (Å²) in [5, 5.41) is 14.8. The number of rotatable bonds is 4. The summed E-state index contributed by atoms with van der Waals surface area (Å²) in [5.41, 5.74) is 3.33. The lowest BCUT2D eigenvalue weighted by Gasteiger charge is -2.28. The van der Waals surface area contributed by atoms with Crippen LogP contribution in [0.15, 0.2) is 48.2 Å². The Morgan fingerprint density at radius 2 is 2.04 bits per heavy atom. The molecule has 0 fully saturated rings. The number of carbonyl (C=O) groups excluding carboxylic acids is 1. The molecule has 0 bridgehead atoms. The van der Waals surface area contributed by atoms with E-state index >= 15 is 0 Å². The number of ether oxygens (including phenoxy) is 1. The van der Waals surface area contributed by atoms with Gasteiger partial charge in [-0.25, -0.2) is 4.79 Å². The first-order valence-electron chi connectivity index (χ1n) is 8.47. The van der Waals surface area contributed by atoms with Gasteiger partial charge in [-0.05, 0) is 33.9 Å². The van der Waals surface area contributed by atoms with Crippen molar-refractivity contribution >= 4 is 11.9 Å². The molecule has 1 unspecified atom stereocenters. The van der Waals surface area contributed by atoms with E-state index < -0.39 is 12.0 Å². The first-order chi connectivity index (χ1) is 12.3. The molecule has 0 radical (unpaired) electrons. The highest BCUT2D eigenvalue weighted by Gasteiger charge is 2.35. The second-order valence-corrected chi connectivity index (χ2v) is 7.27. The number of tetrazole rings is 1. The molecule has 1 N–H and O–H groups in total. The highest BCUT2D eigenvalue weighted by Crippen LogP contribution is 2.35. The number of benzene rings is 1. The molecule has 7 nitrogen and oxygen atoms in total. The topological polar surface area (TPSA) is 81.9 Å². The fraction of sp³-hybridized carbons (Fsp3) is 0.368. The normalized spacial score (nSPS) is 16.7. The number of aromatic nitrogens is 4. The number of hydrogen-bond acceptors (Lipinski definition) is 6. The van der Waals surface area contributed by atoms with Gasteiger partial charge >= 0.3 is 5.97 Å². The van der Waals surface area contributed by atoms with E-state index in [0.29, 0.717) is 17.2 Å². The Labute approximate surface area is 152 Å². The summed E-state index contributed by atoms with van der Waals surface area (Å²) in [6.07, 6.45) is 1.54. The first kappa shape index (κ1) is 17.8. The van der Waals surface area contributed by atoms with Crippen LogP contribution < -0.4 is 5.32 Å². The summed E-state index contributed by atoms with van der Waals surface area (Å²) < 4.78 is 6.89. The zero-order chi connectivity index (χ0) is 18.9. The predicted molar refractivity (Wildman–Crippen MR) is 98.6 cm³/mol. The molecule has 136 valence electrons. The van der Waals surface area contributed by atoms with Crippen LogP contribution in [-0.2, 0) is 14.9 Å². The Morgan fingerprint density at radius 1 is 1.35 bits per heavy atom. The van der Waals surface area contributed by atoms with Crippen molar-refractivity contribution in [1.29, 1.82) is 0 Å². The van der Waals surface area contributed by atoms with Gasteiger partial charge in [0.2, 0.25) is 5.95 Å². The molecule has 0 saturated carbocycles. The van der Waals surface area contributed by atoms with E-state index in [1.54, 1.807) is 10.8 Å². The smallest absolute Gasteiger partial charge is 0.338 e. The van der Waals surface area contributed by atoms with E-state index in [-0.39, 0.29) is 12.0 Å². The molecule has 1 aromatic heterocycles. The largest absolute Gasteiger partial charge is 0.458 e. The van der Waals surface area contributed by atoms with Gasteiger partial charge in [-0.1, -0.05) is 62.8 Å². The molecule has 1 aromatic carbocycles. The lowest BCUT2D eigenvalue weighted by molar-refractivity contribution is -0.138. The summed E-state index contributed by atoms with van der Waals surface area (Å²) in [6, 6.07) is 7.71. The van der Waals surface area contributed by atoms with E-state index in [4.69, 9.17) is 4.74 Å². The summed E-state index contributed by atoms with van der Waals surface area (Å²) >= 11 is 0. The van der Waals surface area contributed by atoms with Crippen LogP contribution in [-0.4, -0.2) is 32.8 Å². The number of esters is 1. The molecule has 3 rings (SSSR count). The van der Waals surface area contributed by atoms with E-state index in [1.807, 2.05) is 19.1 Å². The summed E-state index contributed by atoms with van der Waals surface area (Å²) in [4.78, 5) is 12.7. The van der Waals surface area contributed by atoms with Gasteiger partial charge in [-0.2, -0.15) is 4.68 Å². The number of hydrogen-bond donors (Lipinski definition) is 1. The third-order valence-corrected chi connectivity index (χ3v) is 4.36. The quantitative estimate of drug-likeness (QED) is 0.672. The van der Waals surface area contributed by atoms with Crippen molar-refractivity contribution in [3.63, 3.8) is 0 Å². The Balaban J connectivity index is 2.06. The molecular formula is C19H23N5O2. The van der Waals surface area contributed by atoms with E-state index in [0.717, 1.165) is 5.56 Å².